The molecule has 0 atom stereocenters. The fourth-order valence-corrected chi connectivity index (χ4v) is 3.26. The third-order valence-corrected chi connectivity index (χ3v) is 4.91. The number of rotatable bonds is 6. The second-order valence-corrected chi connectivity index (χ2v) is 8.53. The maximum atomic E-state index is 13.8. The van der Waals surface area contributed by atoms with Crippen LogP contribution in [0.2, 0.25) is 0 Å². The number of halogens is 1. The summed E-state index contributed by atoms with van der Waals surface area (Å²) in [4.78, 5) is 13.9. The van der Waals surface area contributed by atoms with Crippen LogP contribution in [0.25, 0.3) is 5.57 Å². The van der Waals surface area contributed by atoms with Gasteiger partial charge in [0.15, 0.2) is 0 Å². The van der Waals surface area contributed by atoms with Crippen LogP contribution in [0.3, 0.4) is 0 Å². The van der Waals surface area contributed by atoms with Crippen LogP contribution in [0, 0.1) is 23.1 Å². The van der Waals surface area contributed by atoms with E-state index in [4.69, 9.17) is 4.74 Å². The average molecular weight is 442 g/mol. The Balaban J connectivity index is 1.57. The van der Waals surface area contributed by atoms with E-state index in [-0.39, 0.29) is 17.5 Å². The van der Waals surface area contributed by atoms with E-state index in [0.717, 1.165) is 12.8 Å². The highest BCUT2D eigenvalue weighted by atomic mass is 19.1. The Hall–Kier alpha value is -3.68. The molecule has 1 aliphatic heterocycles. The molecule has 0 radical (unpaired) electrons. The number of benzene rings is 1. The molecule has 32 heavy (non-hydrogen) atoms. The third-order valence-electron chi connectivity index (χ3n) is 4.91. The number of carbonyl (C=O) groups is 1. The Morgan fingerprint density at radius 1 is 1.38 bits per heavy atom. The molecule has 1 amide bonds. The summed E-state index contributed by atoms with van der Waals surface area (Å²) in [5.74, 6) is 0.0916. The summed E-state index contributed by atoms with van der Waals surface area (Å²) < 4.78 is 19.3. The van der Waals surface area contributed by atoms with Gasteiger partial charge in [0, 0.05) is 25.8 Å². The predicted octanol–water partition coefficient (Wildman–Crippen LogP) is 3.37. The van der Waals surface area contributed by atoms with Gasteiger partial charge in [0.1, 0.15) is 23.1 Å². The smallest absolute Gasteiger partial charge is 0.410 e. The highest BCUT2D eigenvalue weighted by Gasteiger charge is 2.26. The molecule has 1 aliphatic rings. The Labute approximate surface area is 185 Å². The second-order valence-electron chi connectivity index (χ2n) is 8.53. The number of tetrazole rings is 1. The number of hydrogen-bond donors (Lipinski definition) is 3. The summed E-state index contributed by atoms with van der Waals surface area (Å²) in [5.41, 5.74) is 0.823. The fourth-order valence-electron chi connectivity index (χ4n) is 3.26. The molecular formula is C21H27FN8O2. The van der Waals surface area contributed by atoms with E-state index in [9.17, 15) is 14.4 Å². The van der Waals surface area contributed by atoms with Gasteiger partial charge in [0.05, 0.1) is 11.4 Å². The Kier molecular flexibility index (Phi) is 7.25. The lowest BCUT2D eigenvalue weighted by molar-refractivity contribution is 0.0188. The Morgan fingerprint density at radius 3 is 2.75 bits per heavy atom. The number of piperidine rings is 1. The first-order valence-electron chi connectivity index (χ1n) is 10.4. The molecule has 1 fully saturated rings. The molecular weight excluding hydrogens is 415 g/mol. The number of anilines is 2. The van der Waals surface area contributed by atoms with E-state index in [0.29, 0.717) is 36.9 Å². The van der Waals surface area contributed by atoms with Crippen LogP contribution in [0.15, 0.2) is 24.4 Å². The Morgan fingerprint density at radius 2 is 2.12 bits per heavy atom. The summed E-state index contributed by atoms with van der Waals surface area (Å²) in [6, 6.07) is 6.33. The molecule has 1 aromatic heterocycles. The van der Waals surface area contributed by atoms with Crippen molar-refractivity contribution in [2.45, 2.75) is 39.2 Å². The van der Waals surface area contributed by atoms with Crippen molar-refractivity contribution in [3.63, 3.8) is 0 Å². The quantitative estimate of drug-likeness (QED) is 0.580. The average Bonchev–Trinajstić information content (AvgIpc) is 3.27. The summed E-state index contributed by atoms with van der Waals surface area (Å²) in [7, 11) is 0. The molecule has 3 N–H and O–H groups in total. The minimum Gasteiger partial charge on any atom is -0.444 e. The normalized spacial score (nSPS) is 15.2. The first kappa shape index (κ1) is 23.0. The van der Waals surface area contributed by atoms with E-state index in [1.807, 2.05) is 26.8 Å². The van der Waals surface area contributed by atoms with Crippen molar-refractivity contribution in [1.29, 1.82) is 5.26 Å². The number of H-pyrrole nitrogens is 1. The standard InChI is InChI=1S/C21H27FN8O2/c1-21(2,3)32-20(31)30-8-6-14(7-9-30)12-24-17-5-4-16(22)10-18(17)25-13-15(11-23)19-26-28-29-27-19/h4-5,10,13-14,24-25H,6-9,12H2,1-3H3,(H,26,27,28,29). The topological polar surface area (TPSA) is 132 Å². The number of aromatic amines is 1. The molecule has 0 aliphatic carbocycles. The fraction of sp³-hybridized carbons (Fsp3) is 0.476. The number of amides is 1. The van der Waals surface area contributed by atoms with Gasteiger partial charge in [-0.05, 0) is 62.9 Å². The van der Waals surface area contributed by atoms with Gasteiger partial charge in [0.25, 0.3) is 0 Å². The molecule has 10 nitrogen and oxygen atoms in total. The SMILES string of the molecule is CC(C)(C)OC(=O)N1CCC(CNc2ccc(F)cc2NC=C(C#N)c2nn[nH]n2)CC1. The summed E-state index contributed by atoms with van der Waals surface area (Å²) in [6.07, 6.45) is 2.80. The monoisotopic (exact) mass is 442 g/mol. The van der Waals surface area contributed by atoms with Gasteiger partial charge in [-0.2, -0.15) is 10.5 Å². The van der Waals surface area contributed by atoms with Crippen LogP contribution in [-0.2, 0) is 4.74 Å². The number of nitrogens with zero attached hydrogens (tertiary/aromatic N) is 5. The van der Waals surface area contributed by atoms with Crippen molar-refractivity contribution >= 4 is 23.0 Å². The lowest BCUT2D eigenvalue weighted by atomic mass is 9.97. The van der Waals surface area contributed by atoms with Crippen LogP contribution in [0.1, 0.15) is 39.4 Å². The number of carbonyl (C=O) groups excluding carboxylic acids is 1. The highest BCUT2D eigenvalue weighted by molar-refractivity contribution is 5.77. The number of nitriles is 1. The molecule has 0 spiro atoms. The van der Waals surface area contributed by atoms with Gasteiger partial charge in [0.2, 0.25) is 5.82 Å². The summed E-state index contributed by atoms with van der Waals surface area (Å²) >= 11 is 0. The van der Waals surface area contributed by atoms with Crippen molar-refractivity contribution in [1.82, 2.24) is 25.5 Å². The third kappa shape index (κ3) is 6.41. The van der Waals surface area contributed by atoms with Crippen molar-refractivity contribution < 1.29 is 13.9 Å². The van der Waals surface area contributed by atoms with Gasteiger partial charge in [-0.25, -0.2) is 9.18 Å². The number of nitrogens with one attached hydrogen (secondary N) is 3. The zero-order valence-corrected chi connectivity index (χ0v) is 18.4. The molecule has 0 bridgehead atoms. The van der Waals surface area contributed by atoms with Crippen LogP contribution >= 0.6 is 0 Å². The van der Waals surface area contributed by atoms with E-state index < -0.39 is 11.4 Å². The lowest BCUT2D eigenvalue weighted by Crippen LogP contribution is -2.42. The van der Waals surface area contributed by atoms with Gasteiger partial charge in [-0.3, -0.25) is 0 Å². The van der Waals surface area contributed by atoms with Gasteiger partial charge >= 0.3 is 6.09 Å². The van der Waals surface area contributed by atoms with E-state index in [1.54, 1.807) is 11.0 Å². The Bertz CT molecular complexity index is 986. The molecule has 3 rings (SSSR count). The van der Waals surface area contributed by atoms with E-state index in [1.165, 1.54) is 18.3 Å². The van der Waals surface area contributed by atoms with Crippen molar-refractivity contribution in [2.75, 3.05) is 30.3 Å². The first-order chi connectivity index (χ1) is 15.2. The zero-order chi connectivity index (χ0) is 23.1. The molecule has 0 saturated carbocycles. The van der Waals surface area contributed by atoms with Crippen molar-refractivity contribution in [2.24, 2.45) is 5.92 Å². The number of likely N-dealkylation sites (tertiary alicyclic amines) is 1. The highest BCUT2D eigenvalue weighted by Crippen LogP contribution is 2.26. The van der Waals surface area contributed by atoms with Crippen molar-refractivity contribution in [3.05, 3.63) is 36.0 Å². The van der Waals surface area contributed by atoms with Crippen LogP contribution in [-0.4, -0.2) is 56.9 Å². The van der Waals surface area contributed by atoms with E-state index in [2.05, 4.69) is 31.3 Å². The number of allylic oxidation sites excluding steroid dienone is 1. The molecule has 1 aromatic carbocycles. The second kappa shape index (κ2) is 10.1. The largest absolute Gasteiger partial charge is 0.444 e. The minimum absolute atomic E-state index is 0.141. The van der Waals surface area contributed by atoms with Crippen LogP contribution < -0.4 is 10.6 Å². The number of aromatic nitrogens is 4. The van der Waals surface area contributed by atoms with Gasteiger partial charge in [-0.1, -0.05) is 0 Å². The molecule has 2 heterocycles. The first-order valence-corrected chi connectivity index (χ1v) is 10.4. The molecule has 0 unspecified atom stereocenters. The van der Waals surface area contributed by atoms with Gasteiger partial charge < -0.3 is 20.3 Å². The molecule has 2 aromatic rings. The minimum atomic E-state index is -0.509. The molecule has 1 saturated heterocycles. The number of ether oxygens (including phenoxy) is 1. The molecule has 170 valence electrons. The summed E-state index contributed by atoms with van der Waals surface area (Å²) in [5, 5.41) is 28.8. The molecule has 11 heteroatoms. The van der Waals surface area contributed by atoms with Gasteiger partial charge in [-0.15, -0.1) is 10.2 Å². The van der Waals surface area contributed by atoms with Crippen molar-refractivity contribution in [3.8, 4) is 6.07 Å². The summed E-state index contributed by atoms with van der Waals surface area (Å²) in [6.45, 7) is 7.50. The lowest BCUT2D eigenvalue weighted by Gasteiger charge is -2.33. The van der Waals surface area contributed by atoms with E-state index >= 15 is 0 Å². The predicted molar refractivity (Wildman–Crippen MR) is 117 cm³/mol. The maximum Gasteiger partial charge on any atom is 0.410 e. The maximum absolute atomic E-state index is 13.8. The zero-order valence-electron chi connectivity index (χ0n) is 18.4. The number of hydrogen-bond acceptors (Lipinski definition) is 8. The van der Waals surface area contributed by atoms with Crippen LogP contribution in [0.5, 0.6) is 0 Å². The van der Waals surface area contributed by atoms with Crippen LogP contribution in [0.4, 0.5) is 20.6 Å².